The van der Waals surface area contributed by atoms with Crippen molar-refractivity contribution >= 4 is 17.4 Å². The molecule has 408 valence electrons. The van der Waals surface area contributed by atoms with Crippen molar-refractivity contribution in [1.29, 1.82) is 0 Å². The highest BCUT2D eigenvalue weighted by Gasteiger charge is 2.53. The van der Waals surface area contributed by atoms with E-state index in [1.54, 1.807) is 63.7 Å². The summed E-state index contributed by atoms with van der Waals surface area (Å²) in [5.74, 6) is -4.95. The van der Waals surface area contributed by atoms with Gasteiger partial charge in [0.1, 0.15) is 36.3 Å². The van der Waals surface area contributed by atoms with Crippen LogP contribution in [-0.4, -0.2) is 180 Å². The third-order valence-corrected chi connectivity index (χ3v) is 15.3. The second-order valence-corrected chi connectivity index (χ2v) is 21.4. The first-order valence-corrected chi connectivity index (χ1v) is 25.6. The molecule has 3 aliphatic rings. The molecule has 1 aromatic carbocycles. The highest BCUT2D eigenvalue weighted by molar-refractivity contribution is 5.83. The predicted octanol–water partition coefficient (Wildman–Crippen LogP) is 3.80. The van der Waals surface area contributed by atoms with Gasteiger partial charge in [-0.25, -0.2) is 4.68 Å². The Morgan fingerprint density at radius 1 is 0.986 bits per heavy atom. The van der Waals surface area contributed by atoms with E-state index in [1.807, 2.05) is 25.8 Å². The van der Waals surface area contributed by atoms with Crippen LogP contribution < -0.4 is 4.74 Å². The molecule has 21 heteroatoms. The van der Waals surface area contributed by atoms with E-state index < -0.39 is 124 Å². The molecule has 0 bridgehead atoms. The van der Waals surface area contributed by atoms with Crippen LogP contribution in [0.15, 0.2) is 30.5 Å². The quantitative estimate of drug-likeness (QED) is 0.0807. The number of aromatic nitrogens is 3. The largest absolute Gasteiger partial charge is 0.485 e. The Kier molecular flexibility index (Phi) is 20.7. The monoisotopic (exact) mass is 1020 g/mol. The van der Waals surface area contributed by atoms with Crippen LogP contribution in [0.2, 0.25) is 0 Å². The summed E-state index contributed by atoms with van der Waals surface area (Å²) in [6.45, 7) is 17.6. The van der Waals surface area contributed by atoms with Crippen LogP contribution in [0.3, 0.4) is 0 Å². The molecule has 3 saturated heterocycles. The van der Waals surface area contributed by atoms with Crippen molar-refractivity contribution in [2.75, 3.05) is 33.9 Å². The second kappa shape index (κ2) is 25.2. The lowest BCUT2D eigenvalue weighted by atomic mass is 9.74. The fourth-order valence-electron chi connectivity index (χ4n) is 11.0. The van der Waals surface area contributed by atoms with Gasteiger partial charge in [-0.2, -0.15) is 0 Å². The molecular formula is C51H83N5O16. The van der Waals surface area contributed by atoms with Crippen LogP contribution in [0.25, 0.3) is 0 Å². The van der Waals surface area contributed by atoms with Crippen LogP contribution in [0, 0.1) is 33.8 Å². The zero-order valence-electron chi connectivity index (χ0n) is 44.3. The van der Waals surface area contributed by atoms with Crippen molar-refractivity contribution in [2.24, 2.45) is 23.7 Å². The van der Waals surface area contributed by atoms with Crippen LogP contribution in [-0.2, 0) is 51.0 Å². The maximum absolute atomic E-state index is 14.4. The Balaban J connectivity index is 1.37. The van der Waals surface area contributed by atoms with Crippen molar-refractivity contribution in [1.82, 2.24) is 19.9 Å². The van der Waals surface area contributed by atoms with Gasteiger partial charge in [-0.1, -0.05) is 51.5 Å². The molecule has 0 unspecified atom stereocenters. The molecule has 0 amide bonds. The van der Waals surface area contributed by atoms with E-state index in [0.717, 1.165) is 5.69 Å². The number of ether oxygens (including phenoxy) is 7. The molecule has 0 spiro atoms. The number of rotatable bonds is 18. The maximum Gasteiger partial charge on any atom is 0.311 e. The van der Waals surface area contributed by atoms with Crippen LogP contribution in [0.5, 0.6) is 5.75 Å². The second-order valence-electron chi connectivity index (χ2n) is 21.4. The van der Waals surface area contributed by atoms with Gasteiger partial charge >= 0.3 is 11.7 Å². The molecule has 5 N–H and O–H groups in total. The zero-order valence-corrected chi connectivity index (χ0v) is 44.3. The van der Waals surface area contributed by atoms with Gasteiger partial charge in [0.25, 0.3) is 0 Å². The van der Waals surface area contributed by atoms with Gasteiger partial charge < -0.3 is 63.6 Å². The number of hydrogen-bond donors (Lipinski definition) is 5. The highest BCUT2D eigenvalue weighted by Crippen LogP contribution is 2.40. The van der Waals surface area contributed by atoms with E-state index in [2.05, 4.69) is 10.3 Å². The van der Waals surface area contributed by atoms with Gasteiger partial charge in [0, 0.05) is 49.6 Å². The first-order valence-electron chi connectivity index (χ1n) is 25.6. The number of para-hydroxylation sites is 2. The van der Waals surface area contributed by atoms with Gasteiger partial charge in [0.2, 0.25) is 0 Å². The molecule has 2 aromatic rings. The number of nitro benzene ring substituents is 1. The van der Waals surface area contributed by atoms with Gasteiger partial charge in [0.15, 0.2) is 12.0 Å². The van der Waals surface area contributed by atoms with E-state index in [0.29, 0.717) is 38.8 Å². The summed E-state index contributed by atoms with van der Waals surface area (Å²) in [6, 6.07) is 5.70. The molecule has 1 aromatic heterocycles. The highest BCUT2D eigenvalue weighted by atomic mass is 16.7. The van der Waals surface area contributed by atoms with Crippen LogP contribution >= 0.6 is 0 Å². The summed E-state index contributed by atoms with van der Waals surface area (Å²) in [4.78, 5) is 41.5. The number of carbonyl (C=O) groups is 2. The van der Waals surface area contributed by atoms with Gasteiger partial charge in [-0.15, -0.1) is 5.10 Å². The van der Waals surface area contributed by atoms with E-state index in [9.17, 15) is 45.2 Å². The molecule has 0 radical (unpaired) electrons. The number of aliphatic hydroxyl groups excluding tert-OH is 3. The molecule has 0 saturated carbocycles. The molecule has 3 aliphatic heterocycles. The number of methoxy groups -OCH3 is 1. The number of cyclic esters (lactones) is 1. The number of carbonyl (C=O) groups excluding carboxylic acids is 2. The lowest BCUT2D eigenvalue weighted by molar-refractivity contribution is -0.385. The van der Waals surface area contributed by atoms with Crippen LogP contribution in [0.1, 0.15) is 113 Å². The average molecular weight is 1020 g/mol. The van der Waals surface area contributed by atoms with Crippen molar-refractivity contribution in [2.45, 2.75) is 205 Å². The minimum absolute atomic E-state index is 0.0725. The number of aryl methyl sites for hydroxylation is 1. The third kappa shape index (κ3) is 14.1. The number of likely N-dealkylation sites (N-methyl/N-ethyl adjacent to an activating group) is 1. The van der Waals surface area contributed by atoms with Crippen LogP contribution in [0.4, 0.5) is 5.69 Å². The topological polar surface area (TPSA) is 277 Å². The van der Waals surface area contributed by atoms with E-state index in [4.69, 9.17) is 33.2 Å². The Labute approximate surface area is 423 Å². The maximum atomic E-state index is 14.4. The zero-order chi connectivity index (χ0) is 53.5. The van der Waals surface area contributed by atoms with E-state index >= 15 is 0 Å². The minimum Gasteiger partial charge on any atom is -0.485 e. The summed E-state index contributed by atoms with van der Waals surface area (Å²) < 4.78 is 45.1. The summed E-state index contributed by atoms with van der Waals surface area (Å²) in [5.41, 5.74) is -4.24. The fourth-order valence-corrected chi connectivity index (χ4v) is 11.0. The van der Waals surface area contributed by atoms with Crippen molar-refractivity contribution in [3.05, 3.63) is 46.3 Å². The Morgan fingerprint density at radius 3 is 2.35 bits per heavy atom. The number of aliphatic hydroxyl groups is 5. The minimum atomic E-state index is -2.03. The van der Waals surface area contributed by atoms with Gasteiger partial charge in [0.05, 0.1) is 77.5 Å². The number of hydrogen-bond acceptors (Lipinski definition) is 19. The predicted molar refractivity (Wildman–Crippen MR) is 262 cm³/mol. The molecule has 72 heavy (non-hydrogen) atoms. The molecule has 3 fully saturated rings. The van der Waals surface area contributed by atoms with Crippen molar-refractivity contribution < 1.29 is 73.2 Å². The first-order chi connectivity index (χ1) is 33.8. The number of esters is 1. The lowest BCUT2D eigenvalue weighted by Gasteiger charge is -2.48. The number of ketones is 1. The van der Waals surface area contributed by atoms with Gasteiger partial charge in [-0.05, 0) is 93.3 Å². The SMILES string of the molecule is CCC[C@H]1OC(=O)[C@H](C)[C@@H](OC[C@H]2C[C@@](C)(OC)[C@@H](O)[C@H](C)O2)[C@H](C)[C@@H](O[C@@H]2O[C@H](C)C[C@H](N(C)CCCc3cn(CCOc4ccccc4[N+](=O)[O-])nn3)[C@H]2O)[C@](C)(O)C[C@@H](C)C(=O)[C@H](C)[C@@H](O)[C@]1(C)O. The average Bonchev–Trinajstić information content (AvgIpc) is 3.78. The normalized spacial score (nSPS) is 38.6. The van der Waals surface area contributed by atoms with Gasteiger partial charge in [-0.3, -0.25) is 19.7 Å². The fraction of sp³-hybridized carbons (Fsp3) is 0.804. The van der Waals surface area contributed by atoms with E-state index in [1.165, 1.54) is 33.9 Å². The number of nitro groups is 1. The smallest absolute Gasteiger partial charge is 0.311 e. The third-order valence-electron chi connectivity index (χ3n) is 15.3. The molecule has 0 aliphatic carbocycles. The molecule has 4 heterocycles. The lowest BCUT2D eigenvalue weighted by Crippen LogP contribution is -2.61. The number of nitrogens with zero attached hydrogens (tertiary/aromatic N) is 5. The Morgan fingerprint density at radius 2 is 1.68 bits per heavy atom. The van der Waals surface area contributed by atoms with Crippen molar-refractivity contribution in [3.8, 4) is 5.75 Å². The summed E-state index contributed by atoms with van der Waals surface area (Å²) in [7, 11) is 3.41. The van der Waals surface area contributed by atoms with E-state index in [-0.39, 0.29) is 43.9 Å². The summed E-state index contributed by atoms with van der Waals surface area (Å²) in [6.07, 6.45) is -6.05. The first kappa shape index (κ1) is 59.1. The molecular weight excluding hydrogens is 939 g/mol. The summed E-state index contributed by atoms with van der Waals surface area (Å²) >= 11 is 0. The Hall–Kier alpha value is -3.74. The van der Waals surface area contributed by atoms with Crippen molar-refractivity contribution in [3.63, 3.8) is 0 Å². The number of benzene rings is 1. The standard InChI is InChI=1S/C51H83N5O16/c1-13-17-40-51(10,63)44(59)31(4)41(57)29(2)25-49(8,62)46(32(5)43(33(6)47(61)71-40)68-28-36-26-50(9,66-12)45(60)34(7)70-36)72-48-42(58)38(24-30(3)69-48)54(11)21-16-18-35-27-55(53-52-35)22-23-67-39-20-15-14-19-37(39)56(64)65/h14-15,19-20,27,29-34,36,38,40,42-46,48,58-60,62-63H,13,16-18,21-26,28H2,1-12H3/t29-,30-,31+,32+,33-,34+,36-,38+,40-,42-,43+,44-,45+,46-,48+,49-,50-,51-/m1/s1. The number of Topliss-reactive ketones (excluding diaryl/α,β-unsaturated/α-hetero) is 1. The molecule has 21 nitrogen and oxygen atoms in total. The summed E-state index contributed by atoms with van der Waals surface area (Å²) in [5, 5.41) is 79.1. The Bertz CT molecular complexity index is 2070. The molecule has 5 rings (SSSR count). The molecule has 18 atom stereocenters.